The van der Waals surface area contributed by atoms with Crippen molar-refractivity contribution < 1.29 is 14.3 Å². The number of nitrogens with one attached hydrogen (secondary N) is 2. The molecule has 0 saturated heterocycles. The summed E-state index contributed by atoms with van der Waals surface area (Å²) in [5.74, 6) is -0.138. The maximum Gasteiger partial charge on any atom is 0.319 e. The fraction of sp³-hybridized carbons (Fsp3) is 0.364. The largest absolute Gasteiger partial charge is 0.381 e. The molecule has 0 bridgehead atoms. The normalized spacial score (nSPS) is 10.4. The average molecular weight is 418 g/mol. The van der Waals surface area contributed by atoms with E-state index in [0.717, 1.165) is 31.6 Å². The van der Waals surface area contributed by atoms with E-state index in [1.54, 1.807) is 60.5 Å². The zero-order valence-corrected chi connectivity index (χ0v) is 17.7. The van der Waals surface area contributed by atoms with Crippen LogP contribution >= 0.6 is 11.6 Å². The van der Waals surface area contributed by atoms with Crippen molar-refractivity contribution in [2.45, 2.75) is 26.2 Å². The summed E-state index contributed by atoms with van der Waals surface area (Å²) < 4.78 is 5.46. The Kier molecular flexibility index (Phi) is 9.47. The first-order valence-corrected chi connectivity index (χ1v) is 10.2. The number of unbranched alkanes of at least 4 members (excludes halogenated alkanes) is 1. The number of amides is 3. The highest BCUT2D eigenvalue weighted by Gasteiger charge is 2.13. The molecule has 0 aliphatic heterocycles. The number of hydrogen-bond acceptors (Lipinski definition) is 3. The van der Waals surface area contributed by atoms with E-state index in [9.17, 15) is 9.59 Å². The SMILES string of the molecule is CCCCOCCCNC(=O)Nc1ccc(N(C)C(=O)c2ccc(Cl)cc2)cc1. The summed E-state index contributed by atoms with van der Waals surface area (Å²) in [6.07, 6.45) is 2.95. The van der Waals surface area contributed by atoms with Crippen LogP contribution in [0.5, 0.6) is 0 Å². The molecule has 0 heterocycles. The fourth-order valence-corrected chi connectivity index (χ4v) is 2.70. The van der Waals surface area contributed by atoms with Crippen LogP contribution in [0.2, 0.25) is 5.02 Å². The summed E-state index contributed by atoms with van der Waals surface area (Å²) in [6, 6.07) is 13.6. The minimum absolute atomic E-state index is 0.138. The van der Waals surface area contributed by atoms with Crippen molar-refractivity contribution in [1.82, 2.24) is 5.32 Å². The molecule has 0 radical (unpaired) electrons. The zero-order valence-electron chi connectivity index (χ0n) is 16.9. The van der Waals surface area contributed by atoms with Gasteiger partial charge < -0.3 is 20.3 Å². The van der Waals surface area contributed by atoms with E-state index in [-0.39, 0.29) is 11.9 Å². The lowest BCUT2D eigenvalue weighted by molar-refractivity contribution is 0.0993. The van der Waals surface area contributed by atoms with Gasteiger partial charge in [0.2, 0.25) is 0 Å². The predicted octanol–water partition coefficient (Wildman–Crippen LogP) is 4.94. The summed E-state index contributed by atoms with van der Waals surface area (Å²) in [5, 5.41) is 6.16. The van der Waals surface area contributed by atoms with Gasteiger partial charge in [-0.15, -0.1) is 0 Å². The van der Waals surface area contributed by atoms with Gasteiger partial charge >= 0.3 is 6.03 Å². The topological polar surface area (TPSA) is 70.7 Å². The number of ether oxygens (including phenoxy) is 1. The number of carbonyl (C=O) groups is 2. The maximum absolute atomic E-state index is 12.5. The molecule has 0 aliphatic rings. The second kappa shape index (κ2) is 12.1. The number of nitrogens with zero attached hydrogens (tertiary/aromatic N) is 1. The standard InChI is InChI=1S/C22H28ClN3O3/c1-3-4-15-29-16-5-14-24-22(28)25-19-10-12-20(13-11-19)26(2)21(27)17-6-8-18(23)9-7-17/h6-13H,3-5,14-16H2,1-2H3,(H2,24,25,28). The van der Waals surface area contributed by atoms with Crippen LogP contribution in [0.1, 0.15) is 36.5 Å². The van der Waals surface area contributed by atoms with E-state index < -0.39 is 0 Å². The van der Waals surface area contributed by atoms with Gasteiger partial charge in [-0.3, -0.25) is 4.79 Å². The van der Waals surface area contributed by atoms with Crippen molar-refractivity contribution in [1.29, 1.82) is 0 Å². The quantitative estimate of drug-likeness (QED) is 0.537. The van der Waals surface area contributed by atoms with E-state index in [0.29, 0.717) is 29.4 Å². The number of rotatable bonds is 10. The molecule has 29 heavy (non-hydrogen) atoms. The molecule has 0 unspecified atom stereocenters. The molecule has 156 valence electrons. The molecule has 2 aromatic rings. The monoisotopic (exact) mass is 417 g/mol. The van der Waals surface area contributed by atoms with Crippen molar-refractivity contribution in [2.75, 3.05) is 37.0 Å². The van der Waals surface area contributed by atoms with Crippen LogP contribution in [0.4, 0.5) is 16.2 Å². The third-order valence-electron chi connectivity index (χ3n) is 4.30. The van der Waals surface area contributed by atoms with Gasteiger partial charge in [0, 0.05) is 48.8 Å². The Morgan fingerprint density at radius 2 is 1.66 bits per heavy atom. The molecule has 3 amide bonds. The highest BCUT2D eigenvalue weighted by molar-refractivity contribution is 6.30. The number of anilines is 2. The third kappa shape index (κ3) is 7.75. The average Bonchev–Trinajstić information content (AvgIpc) is 2.73. The zero-order chi connectivity index (χ0) is 21.1. The van der Waals surface area contributed by atoms with Gasteiger partial charge in [-0.25, -0.2) is 4.79 Å². The minimum atomic E-state index is -0.267. The number of hydrogen-bond donors (Lipinski definition) is 2. The Hall–Kier alpha value is -2.57. The Bertz CT molecular complexity index is 779. The predicted molar refractivity (Wildman–Crippen MR) is 118 cm³/mol. The van der Waals surface area contributed by atoms with Gasteiger partial charge in [0.25, 0.3) is 5.91 Å². The van der Waals surface area contributed by atoms with Gasteiger partial charge in [-0.05, 0) is 61.4 Å². The maximum atomic E-state index is 12.5. The molecule has 0 aliphatic carbocycles. The number of benzene rings is 2. The molecule has 6 nitrogen and oxygen atoms in total. The van der Waals surface area contributed by atoms with Gasteiger partial charge in [0.1, 0.15) is 0 Å². The lowest BCUT2D eigenvalue weighted by Gasteiger charge is -2.18. The van der Waals surface area contributed by atoms with Crippen molar-refractivity contribution in [3.63, 3.8) is 0 Å². The Morgan fingerprint density at radius 1 is 1.00 bits per heavy atom. The first kappa shape index (κ1) is 22.7. The highest BCUT2D eigenvalue weighted by Crippen LogP contribution is 2.19. The van der Waals surface area contributed by atoms with Crippen LogP contribution in [0.15, 0.2) is 48.5 Å². The van der Waals surface area contributed by atoms with E-state index >= 15 is 0 Å². The van der Waals surface area contributed by atoms with Crippen LogP contribution in [-0.2, 0) is 4.74 Å². The summed E-state index contributed by atoms with van der Waals surface area (Å²) in [6.45, 7) is 4.08. The molecular formula is C22H28ClN3O3. The van der Waals surface area contributed by atoms with Gasteiger partial charge in [0.15, 0.2) is 0 Å². The lowest BCUT2D eigenvalue weighted by atomic mass is 10.2. The second-order valence-electron chi connectivity index (χ2n) is 6.62. The van der Waals surface area contributed by atoms with Gasteiger partial charge in [-0.2, -0.15) is 0 Å². The molecule has 2 N–H and O–H groups in total. The molecule has 0 saturated carbocycles. The molecule has 0 atom stereocenters. The number of carbonyl (C=O) groups excluding carboxylic acids is 2. The number of urea groups is 1. The third-order valence-corrected chi connectivity index (χ3v) is 4.55. The first-order chi connectivity index (χ1) is 14.0. The van der Waals surface area contributed by atoms with Crippen LogP contribution in [-0.4, -0.2) is 38.7 Å². The molecule has 0 spiro atoms. The molecule has 7 heteroatoms. The van der Waals surface area contributed by atoms with E-state index in [4.69, 9.17) is 16.3 Å². The van der Waals surface area contributed by atoms with Crippen LogP contribution < -0.4 is 15.5 Å². The van der Waals surface area contributed by atoms with Crippen molar-refractivity contribution in [2.24, 2.45) is 0 Å². The Balaban J connectivity index is 1.78. The Labute approximate surface area is 177 Å². The second-order valence-corrected chi connectivity index (χ2v) is 7.05. The van der Waals surface area contributed by atoms with Gasteiger partial charge in [-0.1, -0.05) is 24.9 Å². The van der Waals surface area contributed by atoms with E-state index in [2.05, 4.69) is 17.6 Å². The first-order valence-electron chi connectivity index (χ1n) is 9.77. The minimum Gasteiger partial charge on any atom is -0.381 e. The summed E-state index contributed by atoms with van der Waals surface area (Å²) >= 11 is 5.87. The smallest absolute Gasteiger partial charge is 0.319 e. The van der Waals surface area contributed by atoms with Crippen molar-refractivity contribution >= 4 is 34.9 Å². The Morgan fingerprint density at radius 3 is 2.31 bits per heavy atom. The van der Waals surface area contributed by atoms with Crippen LogP contribution in [0.25, 0.3) is 0 Å². The lowest BCUT2D eigenvalue weighted by Crippen LogP contribution is -2.30. The van der Waals surface area contributed by atoms with E-state index in [1.807, 2.05) is 0 Å². The molecule has 0 fully saturated rings. The van der Waals surface area contributed by atoms with E-state index in [1.165, 1.54) is 0 Å². The molecular weight excluding hydrogens is 390 g/mol. The van der Waals surface area contributed by atoms with Crippen LogP contribution in [0.3, 0.4) is 0 Å². The summed E-state index contributed by atoms with van der Waals surface area (Å²) in [7, 11) is 1.70. The molecule has 0 aromatic heterocycles. The van der Waals surface area contributed by atoms with Crippen molar-refractivity contribution in [3.05, 3.63) is 59.1 Å². The molecule has 2 rings (SSSR count). The summed E-state index contributed by atoms with van der Waals surface area (Å²) in [4.78, 5) is 26.0. The fourth-order valence-electron chi connectivity index (χ4n) is 2.57. The van der Waals surface area contributed by atoms with Crippen molar-refractivity contribution in [3.8, 4) is 0 Å². The molecule has 2 aromatic carbocycles. The van der Waals surface area contributed by atoms with Gasteiger partial charge in [0.05, 0.1) is 0 Å². The highest BCUT2D eigenvalue weighted by atomic mass is 35.5. The summed E-state index contributed by atoms with van der Waals surface area (Å²) in [5.41, 5.74) is 1.93. The number of halogens is 1. The van der Waals surface area contributed by atoms with Crippen LogP contribution in [0, 0.1) is 0 Å².